The van der Waals surface area contributed by atoms with Gasteiger partial charge in [0.15, 0.2) is 0 Å². The molecule has 1 fully saturated rings. The monoisotopic (exact) mass is 303 g/mol. The highest BCUT2D eigenvalue weighted by Gasteiger charge is 2.25. The molecule has 1 amide bonds. The van der Waals surface area contributed by atoms with E-state index < -0.39 is 0 Å². The van der Waals surface area contributed by atoms with Crippen LogP contribution in [0.15, 0.2) is 24.3 Å². The van der Waals surface area contributed by atoms with Crippen molar-refractivity contribution in [2.75, 3.05) is 33.7 Å². The molecule has 0 bridgehead atoms. The molecule has 4 nitrogen and oxygen atoms in total. The maximum absolute atomic E-state index is 12.6. The third-order valence-corrected chi connectivity index (χ3v) is 4.28. The Morgan fingerprint density at radius 2 is 1.64 bits per heavy atom. The average molecular weight is 303 g/mol. The van der Waals surface area contributed by atoms with Crippen LogP contribution >= 0.6 is 0 Å². The van der Waals surface area contributed by atoms with Crippen molar-refractivity contribution in [1.82, 2.24) is 15.1 Å². The molecular formula is C18H29N3O. The first-order valence-electron chi connectivity index (χ1n) is 8.32. The minimum absolute atomic E-state index is 0.203. The Bertz CT molecular complexity index is 464. The van der Waals surface area contributed by atoms with E-state index in [2.05, 4.69) is 55.5 Å². The van der Waals surface area contributed by atoms with Gasteiger partial charge in [-0.2, -0.15) is 0 Å². The lowest BCUT2D eigenvalue weighted by atomic mass is 9.96. The first kappa shape index (κ1) is 17.0. The van der Waals surface area contributed by atoms with Crippen LogP contribution in [0.3, 0.4) is 0 Å². The largest absolute Gasteiger partial charge is 0.338 e. The molecule has 1 saturated heterocycles. The zero-order valence-electron chi connectivity index (χ0n) is 14.1. The molecule has 0 radical (unpaired) electrons. The van der Waals surface area contributed by atoms with E-state index in [0.29, 0.717) is 5.91 Å². The highest BCUT2D eigenvalue weighted by Crippen LogP contribution is 2.17. The van der Waals surface area contributed by atoms with Crippen LogP contribution in [-0.4, -0.2) is 49.4 Å². The molecule has 1 aliphatic heterocycles. The highest BCUT2D eigenvalue weighted by atomic mass is 16.2. The molecule has 0 aromatic heterocycles. The lowest BCUT2D eigenvalue weighted by Crippen LogP contribution is -2.40. The van der Waals surface area contributed by atoms with Gasteiger partial charge in [0, 0.05) is 25.6 Å². The number of rotatable bonds is 6. The SMILES string of the molecule is CCN(Cc1ccc(CN(C)C)cc1)C(=O)C1CCNCC1. The van der Waals surface area contributed by atoms with Gasteiger partial charge in [-0.05, 0) is 58.1 Å². The number of amides is 1. The standard InChI is InChI=1S/C18H29N3O/c1-4-21(18(22)17-9-11-19-12-10-17)14-16-7-5-15(6-8-16)13-20(2)3/h5-8,17,19H,4,9-14H2,1-3H3. The number of hydrogen-bond donors (Lipinski definition) is 1. The molecule has 0 saturated carbocycles. The van der Waals surface area contributed by atoms with E-state index in [1.54, 1.807) is 0 Å². The van der Waals surface area contributed by atoms with Crippen molar-refractivity contribution in [1.29, 1.82) is 0 Å². The number of carbonyl (C=O) groups excluding carboxylic acids is 1. The summed E-state index contributed by atoms with van der Waals surface area (Å²) in [5.41, 5.74) is 2.52. The van der Waals surface area contributed by atoms with Gasteiger partial charge >= 0.3 is 0 Å². The van der Waals surface area contributed by atoms with Crippen molar-refractivity contribution in [3.63, 3.8) is 0 Å². The van der Waals surface area contributed by atoms with Gasteiger partial charge in [0.25, 0.3) is 0 Å². The number of nitrogens with zero attached hydrogens (tertiary/aromatic N) is 2. The van der Waals surface area contributed by atoms with Gasteiger partial charge in [-0.1, -0.05) is 24.3 Å². The summed E-state index contributed by atoms with van der Waals surface area (Å²) in [7, 11) is 4.15. The van der Waals surface area contributed by atoms with E-state index >= 15 is 0 Å². The first-order valence-corrected chi connectivity index (χ1v) is 8.32. The number of carbonyl (C=O) groups is 1. The summed E-state index contributed by atoms with van der Waals surface area (Å²) in [4.78, 5) is 16.8. The topological polar surface area (TPSA) is 35.6 Å². The molecule has 1 aromatic rings. The van der Waals surface area contributed by atoms with E-state index in [-0.39, 0.29) is 5.92 Å². The normalized spacial score (nSPS) is 16.0. The first-order chi connectivity index (χ1) is 10.6. The maximum Gasteiger partial charge on any atom is 0.226 e. The van der Waals surface area contributed by atoms with Crippen LogP contribution in [0.5, 0.6) is 0 Å². The van der Waals surface area contributed by atoms with E-state index in [0.717, 1.165) is 45.6 Å². The molecule has 4 heteroatoms. The van der Waals surface area contributed by atoms with Crippen LogP contribution in [0.2, 0.25) is 0 Å². The van der Waals surface area contributed by atoms with Gasteiger partial charge in [0.2, 0.25) is 5.91 Å². The number of hydrogen-bond acceptors (Lipinski definition) is 3. The summed E-state index contributed by atoms with van der Waals surface area (Å²) in [5, 5.41) is 3.32. The molecule has 0 spiro atoms. The maximum atomic E-state index is 12.6. The van der Waals surface area contributed by atoms with Crippen molar-refractivity contribution in [3.05, 3.63) is 35.4 Å². The van der Waals surface area contributed by atoms with E-state index in [1.807, 2.05) is 4.90 Å². The fourth-order valence-electron chi connectivity index (χ4n) is 3.01. The minimum atomic E-state index is 0.203. The smallest absolute Gasteiger partial charge is 0.226 e. The van der Waals surface area contributed by atoms with Gasteiger partial charge in [-0.15, -0.1) is 0 Å². The summed E-state index contributed by atoms with van der Waals surface area (Å²) in [6, 6.07) is 8.63. The van der Waals surface area contributed by atoms with Crippen LogP contribution in [0.25, 0.3) is 0 Å². The molecular weight excluding hydrogens is 274 g/mol. The van der Waals surface area contributed by atoms with E-state index in [1.165, 1.54) is 11.1 Å². The summed E-state index contributed by atoms with van der Waals surface area (Å²) in [5.74, 6) is 0.524. The Labute approximate surface area is 134 Å². The molecule has 1 aliphatic rings. The molecule has 0 aliphatic carbocycles. The minimum Gasteiger partial charge on any atom is -0.338 e. The lowest BCUT2D eigenvalue weighted by Gasteiger charge is -2.29. The van der Waals surface area contributed by atoms with Gasteiger partial charge in [0.1, 0.15) is 0 Å². The van der Waals surface area contributed by atoms with E-state index in [4.69, 9.17) is 0 Å². The van der Waals surface area contributed by atoms with Gasteiger partial charge < -0.3 is 15.1 Å². The predicted molar refractivity (Wildman–Crippen MR) is 90.5 cm³/mol. The van der Waals surface area contributed by atoms with Gasteiger partial charge in [-0.25, -0.2) is 0 Å². The molecule has 0 atom stereocenters. The van der Waals surface area contributed by atoms with Crippen LogP contribution in [-0.2, 0) is 17.9 Å². The van der Waals surface area contributed by atoms with Crippen LogP contribution in [0, 0.1) is 5.92 Å². The Kier molecular flexibility index (Phi) is 6.40. The Balaban J connectivity index is 1.95. The van der Waals surface area contributed by atoms with Crippen molar-refractivity contribution in [2.24, 2.45) is 5.92 Å². The molecule has 1 N–H and O–H groups in total. The molecule has 2 rings (SSSR count). The quantitative estimate of drug-likeness (QED) is 0.874. The van der Waals surface area contributed by atoms with Crippen LogP contribution < -0.4 is 5.32 Å². The molecule has 0 unspecified atom stereocenters. The molecule has 122 valence electrons. The second-order valence-corrected chi connectivity index (χ2v) is 6.43. The molecule has 22 heavy (non-hydrogen) atoms. The number of benzene rings is 1. The second-order valence-electron chi connectivity index (χ2n) is 6.43. The molecule has 1 heterocycles. The lowest BCUT2D eigenvalue weighted by molar-refractivity contribution is -0.136. The zero-order chi connectivity index (χ0) is 15.9. The Morgan fingerprint density at radius 1 is 1.09 bits per heavy atom. The number of piperidine rings is 1. The highest BCUT2D eigenvalue weighted by molar-refractivity contribution is 5.79. The van der Waals surface area contributed by atoms with Crippen LogP contribution in [0.4, 0.5) is 0 Å². The zero-order valence-corrected chi connectivity index (χ0v) is 14.1. The summed E-state index contributed by atoms with van der Waals surface area (Å²) in [6.07, 6.45) is 1.94. The van der Waals surface area contributed by atoms with Crippen molar-refractivity contribution >= 4 is 5.91 Å². The van der Waals surface area contributed by atoms with Crippen molar-refractivity contribution in [3.8, 4) is 0 Å². The van der Waals surface area contributed by atoms with Crippen molar-refractivity contribution in [2.45, 2.75) is 32.9 Å². The second kappa shape index (κ2) is 8.30. The molecule has 1 aromatic carbocycles. The average Bonchev–Trinajstić information content (AvgIpc) is 2.54. The Morgan fingerprint density at radius 3 is 2.14 bits per heavy atom. The fourth-order valence-corrected chi connectivity index (χ4v) is 3.01. The summed E-state index contributed by atoms with van der Waals surface area (Å²) in [6.45, 7) is 6.45. The third-order valence-electron chi connectivity index (χ3n) is 4.28. The third kappa shape index (κ3) is 4.82. The van der Waals surface area contributed by atoms with Gasteiger partial charge in [-0.3, -0.25) is 4.79 Å². The summed E-state index contributed by atoms with van der Waals surface area (Å²) >= 11 is 0. The predicted octanol–water partition coefficient (Wildman–Crippen LogP) is 2.10. The Hall–Kier alpha value is -1.39. The number of nitrogens with one attached hydrogen (secondary N) is 1. The van der Waals surface area contributed by atoms with Gasteiger partial charge in [0.05, 0.1) is 0 Å². The summed E-state index contributed by atoms with van der Waals surface area (Å²) < 4.78 is 0. The van der Waals surface area contributed by atoms with Crippen molar-refractivity contribution < 1.29 is 4.79 Å². The fraction of sp³-hybridized carbons (Fsp3) is 0.611. The van der Waals surface area contributed by atoms with E-state index in [9.17, 15) is 4.79 Å². The van der Waals surface area contributed by atoms with Crippen LogP contribution in [0.1, 0.15) is 30.9 Å².